The molecule has 0 unspecified atom stereocenters. The third kappa shape index (κ3) is 10.3. The minimum atomic E-state index is -5.03. The first-order valence-electron chi connectivity index (χ1n) is 13.2. The summed E-state index contributed by atoms with van der Waals surface area (Å²) in [6, 6.07) is 22.9. The van der Waals surface area contributed by atoms with Gasteiger partial charge in [0.15, 0.2) is 11.4 Å². The van der Waals surface area contributed by atoms with E-state index in [1.807, 2.05) is 0 Å². The molecule has 1 radical (unpaired) electrons. The van der Waals surface area contributed by atoms with Gasteiger partial charge in [-0.25, -0.2) is 13.2 Å². The fourth-order valence-electron chi connectivity index (χ4n) is 4.07. The molecule has 0 saturated heterocycles. The van der Waals surface area contributed by atoms with Gasteiger partial charge in [-0.15, -0.1) is 15.3 Å². The maximum Gasteiger partial charge on any atom is 1.00 e. The number of nitrogens with zero attached hydrogens (tertiary/aromatic N) is 6. The van der Waals surface area contributed by atoms with Crippen molar-refractivity contribution in [2.45, 2.75) is 4.90 Å². The summed E-state index contributed by atoms with van der Waals surface area (Å²) in [4.78, 5) is 10.3. The van der Waals surface area contributed by atoms with Crippen molar-refractivity contribution in [1.29, 1.82) is 0 Å². The first-order chi connectivity index (χ1) is 22.4. The molecule has 247 valence electrons. The van der Waals surface area contributed by atoms with Crippen molar-refractivity contribution in [3.05, 3.63) is 103 Å². The van der Waals surface area contributed by atoms with E-state index in [1.54, 1.807) is 48.5 Å². The Labute approximate surface area is 339 Å². The van der Waals surface area contributed by atoms with Gasteiger partial charge in [-0.1, -0.05) is 42.1 Å². The number of carbonyl (C=O) groups is 1. The van der Waals surface area contributed by atoms with Gasteiger partial charge >= 0.3 is 65.1 Å². The van der Waals surface area contributed by atoms with E-state index >= 15 is 0 Å². The van der Waals surface area contributed by atoms with Gasteiger partial charge in [-0.3, -0.25) is 0 Å². The van der Waals surface area contributed by atoms with Crippen LogP contribution in [0.2, 0.25) is 0 Å². The second-order valence-corrected chi connectivity index (χ2v) is 10.9. The van der Waals surface area contributed by atoms with E-state index in [2.05, 4.69) is 30.7 Å². The fourth-order valence-corrected chi connectivity index (χ4v) is 4.69. The third-order valence-electron chi connectivity index (χ3n) is 6.42. The fraction of sp³-hybridized carbons (Fsp3) is 0. The molecule has 4 N–H and O–H groups in total. The van der Waals surface area contributed by atoms with Crippen LogP contribution in [0.4, 0.5) is 34.1 Å². The van der Waals surface area contributed by atoms with Gasteiger partial charge < -0.3 is 30.1 Å². The van der Waals surface area contributed by atoms with Crippen LogP contribution in [-0.4, -0.2) is 39.4 Å². The van der Waals surface area contributed by atoms with E-state index in [0.717, 1.165) is 41.5 Å². The molecule has 5 aromatic rings. The van der Waals surface area contributed by atoms with Crippen molar-refractivity contribution in [2.75, 3.05) is 0 Å². The Hall–Kier alpha value is -4.00. The zero-order chi connectivity index (χ0) is 33.7. The molecule has 0 aliphatic carbocycles. The summed E-state index contributed by atoms with van der Waals surface area (Å²) in [7, 11) is -5.03. The summed E-state index contributed by atoms with van der Waals surface area (Å²) >= 11 is 0. The Balaban J connectivity index is 0.00000289. The van der Waals surface area contributed by atoms with Gasteiger partial charge in [0.1, 0.15) is 32.9 Å². The van der Waals surface area contributed by atoms with Gasteiger partial charge in [0.05, 0.1) is 27.6 Å². The van der Waals surface area contributed by atoms with Crippen LogP contribution >= 0.6 is 0 Å². The summed E-state index contributed by atoms with van der Waals surface area (Å²) < 4.78 is 34.5. The van der Waals surface area contributed by atoms with Crippen LogP contribution in [0.1, 0.15) is 10.4 Å². The van der Waals surface area contributed by atoms with Crippen molar-refractivity contribution in [1.82, 2.24) is 0 Å². The first kappa shape index (κ1) is 42.2. The molecule has 15 nitrogen and oxygen atoms in total. The normalized spacial score (nSPS) is 11.2. The third-order valence-corrected chi connectivity index (χ3v) is 7.29. The molecule has 0 heterocycles. The van der Waals surface area contributed by atoms with E-state index in [-0.39, 0.29) is 105 Å². The number of carboxylic acid groups (broad SMARTS) is 1. The predicted octanol–water partition coefficient (Wildman–Crippen LogP) is 1.40. The molecule has 0 spiro atoms. The Morgan fingerprint density at radius 1 is 0.620 bits per heavy atom. The molecule has 19 heteroatoms. The number of azo groups is 3. The van der Waals surface area contributed by atoms with Gasteiger partial charge in [-0.2, -0.15) is 15.3 Å². The smallest absolute Gasteiger partial charge is 0.871 e. The number of phenols is 3. The summed E-state index contributed by atoms with van der Waals surface area (Å²) in [6.45, 7) is 0. The molecule has 0 saturated carbocycles. The zero-order valence-corrected chi connectivity index (χ0v) is 31.7. The zero-order valence-electron chi connectivity index (χ0n) is 26.0. The number of rotatable bonds is 9. The second kappa shape index (κ2) is 18.3. The number of phenolic OH excluding ortho intramolecular Hbond substituents is 2. The summed E-state index contributed by atoms with van der Waals surface area (Å²) in [6.07, 6.45) is 0. The van der Waals surface area contributed by atoms with Crippen LogP contribution in [-0.2, 0) is 27.2 Å². The average Bonchev–Trinajstić information content (AvgIpc) is 3.04. The number of aromatic hydroxyl groups is 3. The molecule has 5 rings (SSSR count). The van der Waals surface area contributed by atoms with Crippen LogP contribution in [0.25, 0.3) is 11.1 Å². The minimum absolute atomic E-state index is 0. The number of benzene rings is 5. The summed E-state index contributed by atoms with van der Waals surface area (Å²) in [5.41, 5.74) is 1.04. The molecule has 5 aromatic carbocycles. The second-order valence-electron chi connectivity index (χ2n) is 9.56. The topological polar surface area (TPSA) is 252 Å². The van der Waals surface area contributed by atoms with E-state index < -0.39 is 43.9 Å². The Kier molecular flexibility index (Phi) is 15.4. The molecule has 0 bridgehead atoms. The Morgan fingerprint density at radius 3 is 1.68 bits per heavy atom. The maximum absolute atomic E-state index is 12.1. The molecule has 0 fully saturated rings. The monoisotopic (exact) mass is 761 g/mol. The van der Waals surface area contributed by atoms with Crippen LogP contribution in [0.15, 0.2) is 133 Å². The van der Waals surface area contributed by atoms with Crippen molar-refractivity contribution in [2.24, 2.45) is 30.7 Å². The van der Waals surface area contributed by atoms with E-state index in [9.17, 15) is 38.2 Å². The summed E-state index contributed by atoms with van der Waals surface area (Å²) in [5.74, 6) is -3.67. The van der Waals surface area contributed by atoms with Crippen LogP contribution in [0.5, 0.6) is 23.0 Å². The van der Waals surface area contributed by atoms with Gasteiger partial charge in [0, 0.05) is 17.1 Å². The SMILES string of the molecule is O=C(O)c1cc(N=Nc2ccc(-c3ccc(N=Nc4c(O)ccc(N=Nc5c([O-])cccc5S(=O)(=O)[O-])c4O)cc3)cc2)ccc1O.[Cu].[Na+].[Na+]. The quantitative estimate of drug-likeness (QED) is 0.0961. The molecule has 0 amide bonds. The molecule has 0 aliphatic rings. The molecular formula is C31H20CuN6Na2O9S. The average molecular weight is 762 g/mol. The van der Waals surface area contributed by atoms with Crippen molar-refractivity contribution in [3.8, 4) is 34.1 Å². The number of carboxylic acids is 1. The van der Waals surface area contributed by atoms with Gasteiger partial charge in [0.2, 0.25) is 0 Å². The van der Waals surface area contributed by atoms with E-state index in [4.69, 9.17) is 5.11 Å². The Bertz CT molecular complexity index is 2200. The number of aromatic carboxylic acids is 1. The van der Waals surface area contributed by atoms with E-state index in [0.29, 0.717) is 11.4 Å². The molecule has 0 aromatic heterocycles. The van der Waals surface area contributed by atoms with Gasteiger partial charge in [0.25, 0.3) is 0 Å². The molecule has 0 atom stereocenters. The number of hydrogen-bond acceptors (Lipinski definition) is 14. The molecular weight excluding hydrogens is 742 g/mol. The standard InChI is InChI=1S/C31H22N6O9S.Cu.2Na/c38-24-14-12-21(16-22(24)31(42)43)34-32-19-8-4-17(5-9-19)18-6-10-20(11-7-18)33-37-29-26(40)15-13-23(30(29)41)35-36-28-25(39)2-1-3-27(28)47(44,45)46;;;/h1-16,38-41H,(H,42,43)(H,44,45,46);;;/q;;2*+1/p-2. The van der Waals surface area contributed by atoms with E-state index in [1.165, 1.54) is 18.2 Å². The van der Waals surface area contributed by atoms with Gasteiger partial charge in [-0.05, 0) is 71.8 Å². The van der Waals surface area contributed by atoms with Crippen LogP contribution in [0.3, 0.4) is 0 Å². The van der Waals surface area contributed by atoms with Crippen LogP contribution in [0, 0.1) is 0 Å². The minimum Gasteiger partial charge on any atom is -0.871 e. The van der Waals surface area contributed by atoms with Crippen molar-refractivity contribution >= 4 is 50.2 Å². The van der Waals surface area contributed by atoms with Crippen molar-refractivity contribution < 1.29 is 119 Å². The maximum atomic E-state index is 12.1. The predicted molar refractivity (Wildman–Crippen MR) is 163 cm³/mol. The molecule has 50 heavy (non-hydrogen) atoms. The summed E-state index contributed by atoms with van der Waals surface area (Å²) in [5, 5.41) is 74.9. The van der Waals surface area contributed by atoms with Crippen molar-refractivity contribution in [3.63, 3.8) is 0 Å². The Morgan fingerprint density at radius 2 is 1.12 bits per heavy atom. The first-order valence-corrected chi connectivity index (χ1v) is 14.6. The largest absolute Gasteiger partial charge is 1.00 e. The molecule has 0 aliphatic heterocycles. The van der Waals surface area contributed by atoms with Crippen LogP contribution < -0.4 is 64.2 Å². The number of hydrogen-bond donors (Lipinski definition) is 4.